The van der Waals surface area contributed by atoms with E-state index in [4.69, 9.17) is 0 Å². The lowest BCUT2D eigenvalue weighted by atomic mass is 10.1. The predicted octanol–water partition coefficient (Wildman–Crippen LogP) is 1.51. The minimum Gasteiger partial charge on any atom is -0.341 e. The van der Waals surface area contributed by atoms with Crippen molar-refractivity contribution >= 4 is 21.5 Å². The quantitative estimate of drug-likeness (QED) is 0.549. The first kappa shape index (κ1) is 22.4. The number of aryl methyl sites for hydroxylation is 3. The number of hydrogen-bond acceptors (Lipinski definition) is 7. The molecule has 1 atom stereocenters. The van der Waals surface area contributed by atoms with Crippen LogP contribution in [0.5, 0.6) is 0 Å². The second kappa shape index (κ2) is 8.27. The number of rotatable bonds is 6. The summed E-state index contributed by atoms with van der Waals surface area (Å²) in [5.41, 5.74) is 5.55. The summed E-state index contributed by atoms with van der Waals surface area (Å²) in [6, 6.07) is -0.126. The van der Waals surface area contributed by atoms with E-state index < -0.39 is 9.84 Å². The van der Waals surface area contributed by atoms with E-state index in [0.29, 0.717) is 31.6 Å². The highest BCUT2D eigenvalue weighted by Gasteiger charge is 2.31. The molecule has 0 unspecified atom stereocenters. The zero-order valence-electron chi connectivity index (χ0n) is 19.2. The van der Waals surface area contributed by atoms with Gasteiger partial charge in [0.05, 0.1) is 23.2 Å². The molecule has 0 N–H and O–H groups in total. The third-order valence-electron chi connectivity index (χ3n) is 6.43. The molecule has 0 aromatic carbocycles. The van der Waals surface area contributed by atoms with E-state index in [0.717, 1.165) is 33.9 Å². The van der Waals surface area contributed by atoms with Crippen molar-refractivity contribution in [2.45, 2.75) is 59.5 Å². The topological polar surface area (TPSA) is 115 Å². The van der Waals surface area contributed by atoms with Crippen LogP contribution in [0.4, 0.5) is 0 Å². The molecule has 0 radical (unpaired) electrons. The average Bonchev–Trinajstić information content (AvgIpc) is 3.41. The molecule has 0 spiro atoms. The highest BCUT2D eigenvalue weighted by molar-refractivity contribution is 7.91. The molecule has 172 valence electrons. The Morgan fingerprint density at radius 2 is 1.91 bits per heavy atom. The highest BCUT2D eigenvalue weighted by Crippen LogP contribution is 2.27. The number of hydrogen-bond donors (Lipinski definition) is 0. The van der Waals surface area contributed by atoms with E-state index in [1.165, 1.54) is 6.33 Å². The minimum atomic E-state index is -2.99. The van der Waals surface area contributed by atoms with Crippen LogP contribution in [0.1, 0.15) is 52.8 Å². The maximum absolute atomic E-state index is 12.9. The van der Waals surface area contributed by atoms with Gasteiger partial charge in [0.25, 0.3) is 5.78 Å². The van der Waals surface area contributed by atoms with E-state index in [2.05, 4.69) is 20.2 Å². The molecule has 3 aromatic heterocycles. The van der Waals surface area contributed by atoms with Gasteiger partial charge in [-0.2, -0.15) is 15.2 Å². The van der Waals surface area contributed by atoms with Crippen molar-refractivity contribution in [2.24, 2.45) is 0 Å². The van der Waals surface area contributed by atoms with Crippen molar-refractivity contribution < 1.29 is 13.2 Å². The van der Waals surface area contributed by atoms with Crippen LogP contribution in [0, 0.1) is 27.7 Å². The first-order valence-corrected chi connectivity index (χ1v) is 12.5. The van der Waals surface area contributed by atoms with Gasteiger partial charge in [-0.1, -0.05) is 0 Å². The van der Waals surface area contributed by atoms with Gasteiger partial charge in [0.1, 0.15) is 6.33 Å². The Labute approximate surface area is 187 Å². The van der Waals surface area contributed by atoms with Crippen LogP contribution in [0.2, 0.25) is 0 Å². The fourth-order valence-corrected chi connectivity index (χ4v) is 6.21. The van der Waals surface area contributed by atoms with Crippen molar-refractivity contribution in [2.75, 3.05) is 18.6 Å². The lowest BCUT2D eigenvalue weighted by Crippen LogP contribution is -2.27. The van der Waals surface area contributed by atoms with E-state index in [9.17, 15) is 13.2 Å². The van der Waals surface area contributed by atoms with Crippen LogP contribution in [0.3, 0.4) is 0 Å². The Balaban J connectivity index is 1.45. The van der Waals surface area contributed by atoms with Gasteiger partial charge in [0.2, 0.25) is 5.91 Å². The van der Waals surface area contributed by atoms with Gasteiger partial charge >= 0.3 is 0 Å². The van der Waals surface area contributed by atoms with Crippen molar-refractivity contribution in [3.8, 4) is 0 Å². The summed E-state index contributed by atoms with van der Waals surface area (Å²) >= 11 is 0. The van der Waals surface area contributed by atoms with Gasteiger partial charge in [-0.3, -0.25) is 9.48 Å². The molecule has 32 heavy (non-hydrogen) atoms. The molecule has 11 heteroatoms. The standard InChI is InChI=1S/C21H29N7O3S/c1-13-18(15(3)28-21(24-13)22-12-23-28)6-7-20(29)26(5)10-19-14(2)25-27(16(19)4)17-8-9-32(30,31)11-17/h12,17H,6-11H2,1-5H3/t17-/m1/s1. The third-order valence-corrected chi connectivity index (χ3v) is 8.18. The Bertz CT molecular complexity index is 1290. The number of sulfone groups is 1. The molecule has 1 aliphatic heterocycles. The van der Waals surface area contributed by atoms with Gasteiger partial charge in [-0.25, -0.2) is 17.9 Å². The molecule has 3 aromatic rings. The molecular weight excluding hydrogens is 430 g/mol. The predicted molar refractivity (Wildman–Crippen MR) is 119 cm³/mol. The molecule has 4 rings (SSSR count). The second-order valence-corrected chi connectivity index (χ2v) is 10.9. The zero-order chi connectivity index (χ0) is 23.2. The summed E-state index contributed by atoms with van der Waals surface area (Å²) in [7, 11) is -1.20. The van der Waals surface area contributed by atoms with E-state index in [1.54, 1.807) is 16.5 Å². The Morgan fingerprint density at radius 1 is 1.16 bits per heavy atom. The van der Waals surface area contributed by atoms with Gasteiger partial charge in [-0.15, -0.1) is 0 Å². The van der Waals surface area contributed by atoms with Crippen molar-refractivity contribution in [3.05, 3.63) is 40.2 Å². The maximum atomic E-state index is 12.9. The number of amides is 1. The van der Waals surface area contributed by atoms with Crippen LogP contribution in [0.15, 0.2) is 6.33 Å². The summed E-state index contributed by atoms with van der Waals surface area (Å²) in [4.78, 5) is 23.2. The molecule has 0 aliphatic carbocycles. The monoisotopic (exact) mass is 459 g/mol. The van der Waals surface area contributed by atoms with Crippen LogP contribution < -0.4 is 0 Å². The Morgan fingerprint density at radius 3 is 2.59 bits per heavy atom. The fraction of sp³-hybridized carbons (Fsp3) is 0.571. The van der Waals surface area contributed by atoms with Crippen LogP contribution >= 0.6 is 0 Å². The van der Waals surface area contributed by atoms with Crippen molar-refractivity contribution in [1.29, 1.82) is 0 Å². The van der Waals surface area contributed by atoms with Gasteiger partial charge < -0.3 is 4.90 Å². The first-order valence-electron chi connectivity index (χ1n) is 10.7. The van der Waals surface area contributed by atoms with Crippen molar-refractivity contribution in [1.82, 2.24) is 34.3 Å². The fourth-order valence-electron chi connectivity index (χ4n) is 4.51. The molecule has 1 aliphatic rings. The number of carbonyl (C=O) groups excluding carboxylic acids is 1. The lowest BCUT2D eigenvalue weighted by molar-refractivity contribution is -0.130. The summed E-state index contributed by atoms with van der Waals surface area (Å²) < 4.78 is 27.3. The van der Waals surface area contributed by atoms with E-state index >= 15 is 0 Å². The molecule has 0 bridgehead atoms. The SMILES string of the molecule is Cc1nn([C@@H]2CCS(=O)(=O)C2)c(C)c1CN(C)C(=O)CCc1c(C)nc2ncnn2c1C. The van der Waals surface area contributed by atoms with Crippen LogP contribution in [-0.2, 0) is 27.6 Å². The van der Waals surface area contributed by atoms with Gasteiger partial charge in [-0.05, 0) is 46.1 Å². The number of fused-ring (bicyclic) bond motifs is 1. The molecule has 1 saturated heterocycles. The summed E-state index contributed by atoms with van der Waals surface area (Å²) in [6.45, 7) is 8.19. The van der Waals surface area contributed by atoms with Crippen molar-refractivity contribution in [3.63, 3.8) is 0 Å². The molecule has 4 heterocycles. The smallest absolute Gasteiger partial charge is 0.252 e. The number of nitrogens with zero attached hydrogens (tertiary/aromatic N) is 7. The van der Waals surface area contributed by atoms with E-state index in [1.807, 2.05) is 32.4 Å². The van der Waals surface area contributed by atoms with Crippen LogP contribution in [0.25, 0.3) is 5.78 Å². The normalized spacial score (nSPS) is 17.8. The molecule has 0 saturated carbocycles. The summed E-state index contributed by atoms with van der Waals surface area (Å²) in [5.74, 6) is 0.923. The Hall–Kier alpha value is -2.82. The largest absolute Gasteiger partial charge is 0.341 e. The molecule has 1 amide bonds. The third kappa shape index (κ3) is 4.13. The minimum absolute atomic E-state index is 0.0254. The zero-order valence-corrected chi connectivity index (χ0v) is 20.0. The molecular formula is C21H29N7O3S. The summed E-state index contributed by atoms with van der Waals surface area (Å²) in [5, 5.41) is 8.80. The van der Waals surface area contributed by atoms with Crippen LogP contribution in [-0.4, -0.2) is 67.1 Å². The van der Waals surface area contributed by atoms with E-state index in [-0.39, 0.29) is 23.5 Å². The number of aromatic nitrogens is 6. The lowest BCUT2D eigenvalue weighted by Gasteiger charge is -2.19. The highest BCUT2D eigenvalue weighted by atomic mass is 32.2. The first-order chi connectivity index (χ1) is 15.1. The second-order valence-electron chi connectivity index (χ2n) is 8.63. The average molecular weight is 460 g/mol. The van der Waals surface area contributed by atoms with Gasteiger partial charge in [0.15, 0.2) is 9.84 Å². The van der Waals surface area contributed by atoms with Gasteiger partial charge in [0, 0.05) is 42.7 Å². The summed E-state index contributed by atoms with van der Waals surface area (Å²) in [6.07, 6.45) is 2.98. The Kier molecular flexibility index (Phi) is 5.78. The number of carbonyl (C=O) groups is 1. The molecule has 10 nitrogen and oxygen atoms in total. The molecule has 1 fully saturated rings. The maximum Gasteiger partial charge on any atom is 0.252 e.